The van der Waals surface area contributed by atoms with E-state index in [1.54, 1.807) is 12.1 Å². The zero-order valence-corrected chi connectivity index (χ0v) is 16.9. The Hall–Kier alpha value is -0.863. The molecular formula is C19H27LiNO5P. The van der Waals surface area contributed by atoms with Gasteiger partial charge in [-0.3, -0.25) is 0 Å². The Morgan fingerprint density at radius 2 is 2.00 bits per heavy atom. The molecule has 2 rings (SSSR count). The first kappa shape index (κ1) is 24.2. The number of benzene rings is 1. The van der Waals surface area contributed by atoms with Crippen LogP contribution in [0.25, 0.3) is 0 Å². The molecule has 144 valence electrons. The summed E-state index contributed by atoms with van der Waals surface area (Å²) in [6.45, 7) is 2.05. The van der Waals surface area contributed by atoms with E-state index >= 15 is 0 Å². The summed E-state index contributed by atoms with van der Waals surface area (Å²) in [4.78, 5) is 23.1. The molecule has 0 radical (unpaired) electrons. The number of allylic oxidation sites excluding steroid dienone is 2. The van der Waals surface area contributed by atoms with Crippen molar-refractivity contribution in [3.8, 4) is 0 Å². The number of rotatable bonds is 9. The second-order valence-electron chi connectivity index (χ2n) is 7.04. The minimum absolute atomic E-state index is 0. The van der Waals surface area contributed by atoms with Crippen LogP contribution in [0.15, 0.2) is 36.4 Å². The first-order chi connectivity index (χ1) is 12.3. The molecule has 0 aliphatic heterocycles. The molecule has 0 saturated heterocycles. The second kappa shape index (κ2) is 11.2. The van der Waals surface area contributed by atoms with Gasteiger partial charge in [-0.25, -0.2) is 4.79 Å². The van der Waals surface area contributed by atoms with Gasteiger partial charge >= 0.3 is 24.8 Å². The zero-order chi connectivity index (χ0) is 19.2. The molecule has 6 nitrogen and oxygen atoms in total. The van der Waals surface area contributed by atoms with Crippen LogP contribution in [0.4, 0.5) is 0 Å². The van der Waals surface area contributed by atoms with Gasteiger partial charge in [0.25, 0.3) is 0 Å². The van der Waals surface area contributed by atoms with Crippen molar-refractivity contribution in [2.45, 2.75) is 38.3 Å². The summed E-state index contributed by atoms with van der Waals surface area (Å²) >= 11 is 0. The van der Waals surface area contributed by atoms with Crippen molar-refractivity contribution in [2.75, 3.05) is 18.9 Å². The van der Waals surface area contributed by atoms with Crippen molar-refractivity contribution in [3.05, 3.63) is 47.5 Å². The van der Waals surface area contributed by atoms with Gasteiger partial charge in [0.2, 0.25) is 0 Å². The molecular weight excluding hydrogens is 360 g/mol. The minimum Gasteiger partial charge on any atom is -0.799 e. The first-order valence-corrected chi connectivity index (χ1v) is 10.9. The maximum absolute atomic E-state index is 12.3. The summed E-state index contributed by atoms with van der Waals surface area (Å²) in [5, 5.41) is 22.1. The largest absolute Gasteiger partial charge is 1.00 e. The molecule has 1 aliphatic rings. The zero-order valence-electron chi connectivity index (χ0n) is 16.0. The molecule has 0 amide bonds. The summed E-state index contributed by atoms with van der Waals surface area (Å²) in [5.41, 5.74) is 1.09. The van der Waals surface area contributed by atoms with Crippen LogP contribution in [0.2, 0.25) is 0 Å². The molecule has 0 heterocycles. The van der Waals surface area contributed by atoms with Crippen molar-refractivity contribution >= 4 is 13.3 Å². The third-order valence-electron chi connectivity index (χ3n) is 4.72. The number of carboxylic acids is 1. The molecule has 8 heteroatoms. The fourth-order valence-electron chi connectivity index (χ4n) is 3.22. The Labute approximate surface area is 172 Å². The van der Waals surface area contributed by atoms with Crippen LogP contribution in [-0.4, -0.2) is 41.2 Å². The third kappa shape index (κ3) is 8.35. The summed E-state index contributed by atoms with van der Waals surface area (Å²) < 4.78 is 12.3. The Kier molecular flexibility index (Phi) is 10.0. The van der Waals surface area contributed by atoms with E-state index in [2.05, 4.69) is 11.4 Å². The molecule has 27 heavy (non-hydrogen) atoms. The van der Waals surface area contributed by atoms with Crippen molar-refractivity contribution < 1.29 is 43.3 Å². The van der Waals surface area contributed by atoms with Gasteiger partial charge in [0.1, 0.15) is 0 Å². The minimum atomic E-state index is -3.61. The standard InChI is InChI=1S/C19H28NO5P.Li/c1-14(16-7-9-17(10-8-16)19(22)23)20-11-18(21)13-26(24,25)12-15-5-3-2-4-6-15;/h2-3,7-10,14-15,18,20-21H,4-6,11-13H2,1H3,(H,22,23)(H,24,25);/q;+1/p-1. The number of carboxylic acid groups (broad SMARTS) is 1. The van der Waals surface area contributed by atoms with Crippen LogP contribution >= 0.6 is 7.37 Å². The van der Waals surface area contributed by atoms with Crippen molar-refractivity contribution in [1.82, 2.24) is 5.32 Å². The quantitative estimate of drug-likeness (QED) is 0.296. The average molecular weight is 387 g/mol. The van der Waals surface area contributed by atoms with Crippen LogP contribution in [-0.2, 0) is 4.57 Å². The predicted molar refractivity (Wildman–Crippen MR) is 99.6 cm³/mol. The van der Waals surface area contributed by atoms with Gasteiger partial charge < -0.3 is 25.0 Å². The van der Waals surface area contributed by atoms with Gasteiger partial charge in [-0.1, -0.05) is 24.3 Å². The van der Waals surface area contributed by atoms with Gasteiger partial charge in [-0.15, -0.1) is 0 Å². The summed E-state index contributed by atoms with van der Waals surface area (Å²) in [7, 11) is -3.61. The molecule has 0 bridgehead atoms. The van der Waals surface area contributed by atoms with Crippen molar-refractivity contribution in [2.24, 2.45) is 5.92 Å². The van der Waals surface area contributed by atoms with E-state index in [0.29, 0.717) is 0 Å². The fourth-order valence-corrected chi connectivity index (χ4v) is 5.26. The van der Waals surface area contributed by atoms with Crippen LogP contribution in [0.3, 0.4) is 0 Å². The van der Waals surface area contributed by atoms with Gasteiger partial charge in [-0.05, 0) is 56.0 Å². The smallest absolute Gasteiger partial charge is 0.799 e. The molecule has 0 spiro atoms. The normalized spacial score (nSPS) is 20.9. The van der Waals surface area contributed by atoms with E-state index in [4.69, 9.17) is 5.11 Å². The van der Waals surface area contributed by atoms with Gasteiger partial charge in [0.05, 0.1) is 11.7 Å². The number of hydrogen-bond donors (Lipinski definition) is 3. The van der Waals surface area contributed by atoms with Gasteiger partial charge in [0.15, 0.2) is 0 Å². The van der Waals surface area contributed by atoms with E-state index in [1.165, 1.54) is 12.1 Å². The molecule has 1 aromatic rings. The molecule has 0 fully saturated rings. The number of aliphatic hydroxyl groups is 1. The SMILES string of the molecule is CC(NCC(O)CP(=O)([O-])CC1CC=CCC1)c1ccc(C(=O)O)cc1.[Li+]. The van der Waals surface area contributed by atoms with Crippen LogP contribution in [0.1, 0.15) is 48.1 Å². The maximum atomic E-state index is 12.3. The Morgan fingerprint density at radius 3 is 2.56 bits per heavy atom. The first-order valence-electron chi connectivity index (χ1n) is 8.95. The number of nitrogens with one attached hydrogen (secondary N) is 1. The van der Waals surface area contributed by atoms with Crippen LogP contribution in [0.5, 0.6) is 0 Å². The van der Waals surface area contributed by atoms with Crippen molar-refractivity contribution in [3.63, 3.8) is 0 Å². The van der Waals surface area contributed by atoms with Crippen LogP contribution in [0, 0.1) is 5.92 Å². The average Bonchev–Trinajstić information content (AvgIpc) is 2.59. The number of carbonyl (C=O) groups is 1. The molecule has 4 unspecified atom stereocenters. The molecule has 4 atom stereocenters. The molecule has 0 aromatic heterocycles. The number of hydrogen-bond acceptors (Lipinski definition) is 5. The van der Waals surface area contributed by atoms with Crippen molar-refractivity contribution in [1.29, 1.82) is 0 Å². The maximum Gasteiger partial charge on any atom is 1.00 e. The summed E-state index contributed by atoms with van der Waals surface area (Å²) in [6, 6.07) is 6.35. The Bertz CT molecular complexity index is 679. The second-order valence-corrected chi connectivity index (χ2v) is 9.40. The topological polar surface area (TPSA) is 110 Å². The van der Waals surface area contributed by atoms with E-state index in [0.717, 1.165) is 24.8 Å². The molecule has 1 aromatic carbocycles. The Balaban J connectivity index is 0.00000364. The van der Waals surface area contributed by atoms with Crippen LogP contribution < -0.4 is 29.1 Å². The van der Waals surface area contributed by atoms with E-state index in [9.17, 15) is 19.4 Å². The van der Waals surface area contributed by atoms with E-state index in [1.807, 2.05) is 13.0 Å². The molecule has 0 saturated carbocycles. The van der Waals surface area contributed by atoms with E-state index < -0.39 is 19.4 Å². The monoisotopic (exact) mass is 387 g/mol. The van der Waals surface area contributed by atoms with Gasteiger partial charge in [-0.2, -0.15) is 0 Å². The summed E-state index contributed by atoms with van der Waals surface area (Å²) in [6.07, 6.45) is 5.69. The predicted octanol–water partition coefficient (Wildman–Crippen LogP) is -0.605. The fraction of sp³-hybridized carbons (Fsp3) is 0.526. The number of aromatic carboxylic acids is 1. The Morgan fingerprint density at radius 1 is 1.33 bits per heavy atom. The summed E-state index contributed by atoms with van der Waals surface area (Å²) in [5.74, 6) is -0.817. The molecule has 1 aliphatic carbocycles. The molecule has 3 N–H and O–H groups in total. The van der Waals surface area contributed by atoms with E-state index in [-0.39, 0.29) is 55.3 Å². The number of aliphatic hydroxyl groups excluding tert-OH is 1. The third-order valence-corrected chi connectivity index (χ3v) is 6.77. The van der Waals surface area contributed by atoms with Gasteiger partial charge in [0, 0.05) is 26.1 Å².